The van der Waals surface area contributed by atoms with Gasteiger partial charge in [0.15, 0.2) is 0 Å². The summed E-state index contributed by atoms with van der Waals surface area (Å²) in [5.41, 5.74) is 0. The summed E-state index contributed by atoms with van der Waals surface area (Å²) in [6.07, 6.45) is 2.86. The molecule has 2 heteroatoms. The average Bonchev–Trinajstić information content (AvgIpc) is 2.40. The summed E-state index contributed by atoms with van der Waals surface area (Å²) < 4.78 is 0. The van der Waals surface area contributed by atoms with Gasteiger partial charge < -0.3 is 0 Å². The van der Waals surface area contributed by atoms with E-state index in [0.717, 1.165) is 24.0 Å². The van der Waals surface area contributed by atoms with Crippen molar-refractivity contribution in [3.05, 3.63) is 0 Å². The minimum atomic E-state index is 0.731. The summed E-state index contributed by atoms with van der Waals surface area (Å²) in [6, 6.07) is 2.44. The van der Waals surface area contributed by atoms with Gasteiger partial charge in [-0.25, -0.2) is 0 Å². The van der Waals surface area contributed by atoms with E-state index < -0.39 is 0 Å². The first-order chi connectivity index (χ1) is 7.08. The predicted octanol–water partition coefficient (Wildman–Crippen LogP) is 2.20. The SMILES string of the molecule is CC(C)CN1[C@@H]2CC[C@H]1CN(C(C)C)C2. The van der Waals surface area contributed by atoms with Crippen molar-refractivity contribution in [1.82, 2.24) is 9.80 Å². The molecule has 2 bridgehead atoms. The Labute approximate surface area is 94.6 Å². The van der Waals surface area contributed by atoms with E-state index >= 15 is 0 Å². The zero-order valence-electron chi connectivity index (χ0n) is 10.7. The number of piperazine rings is 1. The lowest BCUT2D eigenvalue weighted by Gasteiger charge is -2.43. The molecule has 0 unspecified atom stereocenters. The average molecular weight is 210 g/mol. The Bertz CT molecular complexity index is 199. The second-order valence-corrected chi connectivity index (χ2v) is 6.02. The van der Waals surface area contributed by atoms with Crippen LogP contribution in [-0.2, 0) is 0 Å². The highest BCUT2D eigenvalue weighted by atomic mass is 15.3. The molecule has 0 saturated carbocycles. The van der Waals surface area contributed by atoms with Crippen LogP contribution >= 0.6 is 0 Å². The van der Waals surface area contributed by atoms with E-state index in [9.17, 15) is 0 Å². The normalized spacial score (nSPS) is 33.2. The van der Waals surface area contributed by atoms with Crippen LogP contribution in [0.25, 0.3) is 0 Å². The fourth-order valence-electron chi connectivity index (χ4n) is 3.16. The van der Waals surface area contributed by atoms with E-state index in [1.165, 1.54) is 32.5 Å². The van der Waals surface area contributed by atoms with Crippen LogP contribution < -0.4 is 0 Å². The van der Waals surface area contributed by atoms with E-state index in [1.807, 2.05) is 0 Å². The van der Waals surface area contributed by atoms with Gasteiger partial charge in [0.05, 0.1) is 0 Å². The molecule has 2 heterocycles. The van der Waals surface area contributed by atoms with Crippen molar-refractivity contribution in [3.8, 4) is 0 Å². The van der Waals surface area contributed by atoms with Crippen LogP contribution in [-0.4, -0.2) is 47.6 Å². The molecular weight excluding hydrogens is 184 g/mol. The molecule has 2 aliphatic heterocycles. The van der Waals surface area contributed by atoms with Gasteiger partial charge in [-0.3, -0.25) is 9.80 Å². The first-order valence-corrected chi connectivity index (χ1v) is 6.57. The molecule has 2 nitrogen and oxygen atoms in total. The van der Waals surface area contributed by atoms with Crippen LogP contribution in [0.1, 0.15) is 40.5 Å². The maximum absolute atomic E-state index is 2.78. The van der Waals surface area contributed by atoms with Crippen LogP contribution in [0.3, 0.4) is 0 Å². The van der Waals surface area contributed by atoms with E-state index in [2.05, 4.69) is 37.5 Å². The highest BCUT2D eigenvalue weighted by Crippen LogP contribution is 2.31. The van der Waals surface area contributed by atoms with Gasteiger partial charge in [-0.1, -0.05) is 13.8 Å². The largest absolute Gasteiger partial charge is 0.298 e. The fourth-order valence-corrected chi connectivity index (χ4v) is 3.16. The van der Waals surface area contributed by atoms with Crippen LogP contribution in [0.5, 0.6) is 0 Å². The minimum Gasteiger partial charge on any atom is -0.298 e. The molecule has 2 saturated heterocycles. The van der Waals surface area contributed by atoms with Crippen LogP contribution in [0.4, 0.5) is 0 Å². The van der Waals surface area contributed by atoms with Gasteiger partial charge in [-0.05, 0) is 32.6 Å². The van der Waals surface area contributed by atoms with Crippen molar-refractivity contribution in [2.45, 2.75) is 58.7 Å². The monoisotopic (exact) mass is 210 g/mol. The molecule has 2 atom stereocenters. The number of hydrogen-bond acceptors (Lipinski definition) is 2. The molecule has 88 valence electrons. The van der Waals surface area contributed by atoms with E-state index in [1.54, 1.807) is 0 Å². The number of fused-ring (bicyclic) bond motifs is 2. The van der Waals surface area contributed by atoms with Crippen LogP contribution in [0.15, 0.2) is 0 Å². The molecule has 0 aromatic heterocycles. The van der Waals surface area contributed by atoms with Gasteiger partial charge in [-0.15, -0.1) is 0 Å². The topological polar surface area (TPSA) is 6.48 Å². The molecule has 0 radical (unpaired) electrons. The van der Waals surface area contributed by atoms with Crippen LogP contribution in [0.2, 0.25) is 0 Å². The number of nitrogens with zero attached hydrogens (tertiary/aromatic N) is 2. The van der Waals surface area contributed by atoms with Gasteiger partial charge >= 0.3 is 0 Å². The molecule has 0 aromatic rings. The summed E-state index contributed by atoms with van der Waals surface area (Å²) >= 11 is 0. The lowest BCUT2D eigenvalue weighted by Crippen LogP contribution is -2.56. The van der Waals surface area contributed by atoms with Gasteiger partial charge in [0.1, 0.15) is 0 Å². The molecule has 2 rings (SSSR count). The smallest absolute Gasteiger partial charge is 0.0227 e. The Morgan fingerprint density at radius 3 is 1.93 bits per heavy atom. The Kier molecular flexibility index (Phi) is 3.36. The Balaban J connectivity index is 1.97. The molecule has 2 aliphatic rings. The Morgan fingerprint density at radius 2 is 1.53 bits per heavy atom. The van der Waals surface area contributed by atoms with Crippen molar-refractivity contribution in [1.29, 1.82) is 0 Å². The molecule has 15 heavy (non-hydrogen) atoms. The van der Waals surface area contributed by atoms with E-state index in [4.69, 9.17) is 0 Å². The first kappa shape index (κ1) is 11.4. The molecule has 0 aliphatic carbocycles. The summed E-state index contributed by atoms with van der Waals surface area (Å²) in [5.74, 6) is 0.818. The van der Waals surface area contributed by atoms with Crippen molar-refractivity contribution >= 4 is 0 Å². The van der Waals surface area contributed by atoms with Crippen molar-refractivity contribution in [3.63, 3.8) is 0 Å². The second kappa shape index (κ2) is 4.42. The highest BCUT2D eigenvalue weighted by Gasteiger charge is 2.40. The Hall–Kier alpha value is -0.0800. The molecule has 0 spiro atoms. The summed E-state index contributed by atoms with van der Waals surface area (Å²) in [7, 11) is 0. The Morgan fingerprint density at radius 1 is 1.00 bits per heavy atom. The third-order valence-electron chi connectivity index (χ3n) is 3.97. The van der Waals surface area contributed by atoms with Crippen molar-refractivity contribution in [2.75, 3.05) is 19.6 Å². The lowest BCUT2D eigenvalue weighted by atomic mass is 10.1. The number of rotatable bonds is 3. The van der Waals surface area contributed by atoms with Crippen LogP contribution in [0, 0.1) is 5.92 Å². The third-order valence-corrected chi connectivity index (χ3v) is 3.97. The summed E-state index contributed by atoms with van der Waals surface area (Å²) in [6.45, 7) is 13.3. The van der Waals surface area contributed by atoms with Gasteiger partial charge in [0.2, 0.25) is 0 Å². The highest BCUT2D eigenvalue weighted by molar-refractivity contribution is 4.96. The standard InChI is InChI=1S/C13H26N2/c1-10(2)7-15-12-5-6-13(15)9-14(8-12)11(3)4/h10-13H,5-9H2,1-4H3/t12-,13+. The zero-order valence-corrected chi connectivity index (χ0v) is 10.7. The minimum absolute atomic E-state index is 0.731. The predicted molar refractivity (Wildman–Crippen MR) is 65.1 cm³/mol. The van der Waals surface area contributed by atoms with Crippen molar-refractivity contribution < 1.29 is 0 Å². The summed E-state index contributed by atoms with van der Waals surface area (Å²) in [4.78, 5) is 5.45. The quantitative estimate of drug-likeness (QED) is 0.704. The molecule has 2 fully saturated rings. The first-order valence-electron chi connectivity index (χ1n) is 6.57. The maximum Gasteiger partial charge on any atom is 0.0227 e. The zero-order chi connectivity index (χ0) is 11.0. The fraction of sp³-hybridized carbons (Fsp3) is 1.00. The third kappa shape index (κ3) is 2.36. The maximum atomic E-state index is 2.78. The van der Waals surface area contributed by atoms with Gasteiger partial charge in [-0.2, -0.15) is 0 Å². The van der Waals surface area contributed by atoms with Crippen molar-refractivity contribution in [2.24, 2.45) is 5.92 Å². The molecule has 0 amide bonds. The molecule has 0 N–H and O–H groups in total. The van der Waals surface area contributed by atoms with Gasteiger partial charge in [0.25, 0.3) is 0 Å². The van der Waals surface area contributed by atoms with E-state index in [0.29, 0.717) is 0 Å². The number of hydrogen-bond donors (Lipinski definition) is 0. The van der Waals surface area contributed by atoms with E-state index in [-0.39, 0.29) is 0 Å². The number of likely N-dealkylation sites (tertiary alicyclic amines) is 1. The summed E-state index contributed by atoms with van der Waals surface area (Å²) in [5, 5.41) is 0. The lowest BCUT2D eigenvalue weighted by molar-refractivity contribution is 0.0420. The molecule has 0 aromatic carbocycles. The van der Waals surface area contributed by atoms with Gasteiger partial charge in [0, 0.05) is 37.8 Å². The molecular formula is C13H26N2. The second-order valence-electron chi connectivity index (χ2n) is 6.02.